The number of aryl methyl sites for hydroxylation is 1. The minimum absolute atomic E-state index is 0.105. The molecule has 33 heavy (non-hydrogen) atoms. The first-order valence-electron chi connectivity index (χ1n) is 11.5. The van der Waals surface area contributed by atoms with Gasteiger partial charge in [0.1, 0.15) is 11.7 Å². The molecule has 0 saturated carbocycles. The molecule has 1 aromatic rings. The standard InChI is InChI=1S/C26H32O7/c1-5-6-9-14(3)21(28)19-20-18-15(12-17(27)25(20,4)33-24(19)31)22(29)26(32,23(18)30)16-11-8-7-10-13(16)2/h7-11,17,19-21,23,27-28,30,32H,5-6,12H2,1-4H3/b14-9+/t17-,19-,20+,21+,23-,25+,26-/m0/s1. The molecule has 1 saturated heterocycles. The number of ether oxygens (including phenoxy) is 1. The van der Waals surface area contributed by atoms with E-state index in [1.807, 2.05) is 13.0 Å². The summed E-state index contributed by atoms with van der Waals surface area (Å²) in [5, 5.41) is 45.1. The number of esters is 1. The third-order valence-corrected chi connectivity index (χ3v) is 7.74. The van der Waals surface area contributed by atoms with Gasteiger partial charge in [0.05, 0.1) is 18.1 Å². The zero-order valence-electron chi connectivity index (χ0n) is 19.4. The van der Waals surface area contributed by atoms with E-state index >= 15 is 0 Å². The molecule has 1 aromatic carbocycles. The van der Waals surface area contributed by atoms with Crippen molar-refractivity contribution in [1.82, 2.24) is 0 Å². The fourth-order valence-corrected chi connectivity index (χ4v) is 5.82. The van der Waals surface area contributed by atoms with E-state index in [1.54, 1.807) is 45.0 Å². The number of allylic oxidation sites excluding steroid dienone is 1. The number of fused-ring (bicyclic) bond motifs is 2. The van der Waals surface area contributed by atoms with Gasteiger partial charge in [0, 0.05) is 17.9 Å². The van der Waals surface area contributed by atoms with Crippen molar-refractivity contribution in [2.24, 2.45) is 11.8 Å². The minimum Gasteiger partial charge on any atom is -0.456 e. The van der Waals surface area contributed by atoms with Gasteiger partial charge in [0.25, 0.3) is 0 Å². The van der Waals surface area contributed by atoms with Crippen molar-refractivity contribution in [3.05, 3.63) is 58.2 Å². The molecule has 4 N–H and O–H groups in total. The molecule has 3 aliphatic rings. The maximum absolute atomic E-state index is 13.5. The number of aliphatic hydroxyl groups excluding tert-OH is 3. The number of carbonyl (C=O) groups is 2. The van der Waals surface area contributed by atoms with Gasteiger partial charge >= 0.3 is 5.97 Å². The van der Waals surface area contributed by atoms with Gasteiger partial charge in [-0.2, -0.15) is 0 Å². The quantitative estimate of drug-likeness (QED) is 0.394. The predicted molar refractivity (Wildman–Crippen MR) is 120 cm³/mol. The summed E-state index contributed by atoms with van der Waals surface area (Å²) in [6.07, 6.45) is -0.804. The Morgan fingerprint density at radius 2 is 1.94 bits per heavy atom. The lowest BCUT2D eigenvalue weighted by Crippen LogP contribution is -2.52. The highest BCUT2D eigenvalue weighted by Crippen LogP contribution is 2.57. The average Bonchev–Trinajstić information content (AvgIpc) is 3.15. The fraction of sp³-hybridized carbons (Fsp3) is 0.538. The smallest absolute Gasteiger partial charge is 0.313 e. The molecule has 1 fully saturated rings. The molecular formula is C26H32O7. The number of aliphatic hydroxyl groups is 4. The topological polar surface area (TPSA) is 124 Å². The summed E-state index contributed by atoms with van der Waals surface area (Å²) in [6, 6.07) is 6.77. The van der Waals surface area contributed by atoms with Crippen molar-refractivity contribution in [2.45, 2.75) is 76.5 Å². The van der Waals surface area contributed by atoms with E-state index in [0.29, 0.717) is 11.1 Å². The van der Waals surface area contributed by atoms with Gasteiger partial charge in [-0.15, -0.1) is 0 Å². The van der Waals surface area contributed by atoms with Gasteiger partial charge in [-0.3, -0.25) is 9.59 Å². The Hall–Kier alpha value is -2.32. The van der Waals surface area contributed by atoms with E-state index in [1.165, 1.54) is 0 Å². The molecule has 1 heterocycles. The predicted octanol–water partition coefficient (Wildman–Crippen LogP) is 1.84. The molecule has 2 aliphatic carbocycles. The zero-order valence-corrected chi connectivity index (χ0v) is 19.4. The van der Waals surface area contributed by atoms with Gasteiger partial charge in [0.2, 0.25) is 0 Å². The first kappa shape index (κ1) is 23.8. The van der Waals surface area contributed by atoms with Gasteiger partial charge in [-0.1, -0.05) is 43.7 Å². The molecule has 0 amide bonds. The van der Waals surface area contributed by atoms with Crippen LogP contribution in [0.15, 0.2) is 47.1 Å². The van der Waals surface area contributed by atoms with Crippen LogP contribution in [0, 0.1) is 18.8 Å². The molecule has 0 aromatic heterocycles. The lowest BCUT2D eigenvalue weighted by molar-refractivity contribution is -0.160. The van der Waals surface area contributed by atoms with Crippen LogP contribution in [0.3, 0.4) is 0 Å². The van der Waals surface area contributed by atoms with Crippen LogP contribution >= 0.6 is 0 Å². The van der Waals surface area contributed by atoms with Crippen molar-refractivity contribution in [2.75, 3.05) is 0 Å². The molecule has 0 spiro atoms. The summed E-state index contributed by atoms with van der Waals surface area (Å²) in [5.74, 6) is -3.48. The van der Waals surface area contributed by atoms with Crippen molar-refractivity contribution < 1.29 is 34.8 Å². The number of Topliss-reactive ketones (excluding diaryl/α,β-unsaturated/α-hetero) is 1. The van der Waals surface area contributed by atoms with Crippen LogP contribution in [0.5, 0.6) is 0 Å². The zero-order chi connectivity index (χ0) is 24.3. The van der Waals surface area contributed by atoms with Crippen molar-refractivity contribution >= 4 is 11.8 Å². The molecule has 0 radical (unpaired) electrons. The molecule has 178 valence electrons. The minimum atomic E-state index is -2.24. The highest BCUT2D eigenvalue weighted by molar-refractivity contribution is 6.08. The summed E-state index contributed by atoms with van der Waals surface area (Å²) in [4.78, 5) is 26.5. The van der Waals surface area contributed by atoms with Gasteiger partial charge in [-0.05, 0) is 49.5 Å². The van der Waals surface area contributed by atoms with Crippen LogP contribution in [0.25, 0.3) is 0 Å². The van der Waals surface area contributed by atoms with Crippen LogP contribution in [-0.4, -0.2) is 56.1 Å². The van der Waals surface area contributed by atoms with E-state index in [-0.39, 0.29) is 23.1 Å². The number of carbonyl (C=O) groups excluding carboxylic acids is 2. The maximum atomic E-state index is 13.5. The van der Waals surface area contributed by atoms with E-state index < -0.39 is 53.1 Å². The van der Waals surface area contributed by atoms with Crippen LogP contribution in [0.1, 0.15) is 51.2 Å². The first-order valence-corrected chi connectivity index (χ1v) is 11.5. The van der Waals surface area contributed by atoms with Crippen molar-refractivity contribution in [1.29, 1.82) is 0 Å². The Balaban J connectivity index is 1.85. The summed E-state index contributed by atoms with van der Waals surface area (Å²) in [6.45, 7) is 7.01. The van der Waals surface area contributed by atoms with E-state index in [4.69, 9.17) is 4.74 Å². The maximum Gasteiger partial charge on any atom is 0.313 e. The van der Waals surface area contributed by atoms with E-state index in [2.05, 4.69) is 0 Å². The van der Waals surface area contributed by atoms with Gasteiger partial charge in [0.15, 0.2) is 11.4 Å². The SMILES string of the molecule is CCC/C=C(\C)[C@@H](O)[C@H]1C(=O)O[C@@]2(C)[C@@H]1C1=C(C[C@@H]2O)C(=O)[C@@](O)(c2ccccc2C)[C@H]1O. The lowest BCUT2D eigenvalue weighted by Gasteiger charge is -2.41. The molecule has 7 heteroatoms. The summed E-state index contributed by atoms with van der Waals surface area (Å²) in [5.41, 5.74) is -1.91. The summed E-state index contributed by atoms with van der Waals surface area (Å²) < 4.78 is 5.63. The largest absolute Gasteiger partial charge is 0.456 e. The molecule has 0 bridgehead atoms. The summed E-state index contributed by atoms with van der Waals surface area (Å²) in [7, 11) is 0. The normalized spacial score (nSPS) is 37.2. The number of unbranched alkanes of at least 4 members (excludes halogenated alkanes) is 1. The van der Waals surface area contributed by atoms with Crippen LogP contribution < -0.4 is 0 Å². The number of rotatable bonds is 5. The Morgan fingerprint density at radius 1 is 1.27 bits per heavy atom. The number of hydrogen-bond donors (Lipinski definition) is 4. The van der Waals surface area contributed by atoms with Crippen LogP contribution in [-0.2, 0) is 19.9 Å². The Kier molecular flexibility index (Phi) is 5.90. The summed E-state index contributed by atoms with van der Waals surface area (Å²) >= 11 is 0. The number of benzene rings is 1. The van der Waals surface area contributed by atoms with Gasteiger partial charge in [-0.25, -0.2) is 0 Å². The molecule has 7 nitrogen and oxygen atoms in total. The second-order valence-corrected chi connectivity index (χ2v) is 9.76. The second-order valence-electron chi connectivity index (χ2n) is 9.76. The average molecular weight is 457 g/mol. The second kappa shape index (κ2) is 8.17. The highest BCUT2D eigenvalue weighted by atomic mass is 16.6. The third-order valence-electron chi connectivity index (χ3n) is 7.74. The third kappa shape index (κ3) is 3.25. The lowest BCUT2D eigenvalue weighted by atomic mass is 9.65. The molecular weight excluding hydrogens is 424 g/mol. The molecule has 0 unspecified atom stereocenters. The number of ketones is 1. The Bertz CT molecular complexity index is 1060. The molecule has 4 rings (SSSR count). The van der Waals surface area contributed by atoms with Crippen LogP contribution in [0.4, 0.5) is 0 Å². The van der Waals surface area contributed by atoms with E-state index in [0.717, 1.165) is 12.8 Å². The van der Waals surface area contributed by atoms with Crippen molar-refractivity contribution in [3.63, 3.8) is 0 Å². The van der Waals surface area contributed by atoms with Crippen LogP contribution in [0.2, 0.25) is 0 Å². The van der Waals surface area contributed by atoms with Crippen molar-refractivity contribution in [3.8, 4) is 0 Å². The fourth-order valence-electron chi connectivity index (χ4n) is 5.82. The van der Waals surface area contributed by atoms with E-state index in [9.17, 15) is 30.0 Å². The molecule has 1 aliphatic heterocycles. The Morgan fingerprint density at radius 3 is 2.58 bits per heavy atom. The first-order chi connectivity index (χ1) is 15.5. The Labute approximate surface area is 193 Å². The highest BCUT2D eigenvalue weighted by Gasteiger charge is 2.68. The number of hydrogen-bond acceptors (Lipinski definition) is 7. The molecule has 7 atom stereocenters. The van der Waals surface area contributed by atoms with Gasteiger partial charge < -0.3 is 25.2 Å². The monoisotopic (exact) mass is 456 g/mol.